The van der Waals surface area contributed by atoms with Crippen molar-refractivity contribution in [3.8, 4) is 0 Å². The second kappa shape index (κ2) is 7.38. The van der Waals surface area contributed by atoms with Crippen LogP contribution in [0.25, 0.3) is 11.0 Å². The van der Waals surface area contributed by atoms with E-state index in [-0.39, 0.29) is 11.5 Å². The molecule has 4 heterocycles. The van der Waals surface area contributed by atoms with Gasteiger partial charge in [-0.2, -0.15) is 0 Å². The summed E-state index contributed by atoms with van der Waals surface area (Å²) < 4.78 is 0. The Labute approximate surface area is 187 Å². The Morgan fingerprint density at radius 1 is 1.16 bits per heavy atom. The van der Waals surface area contributed by atoms with Crippen molar-refractivity contribution in [2.75, 3.05) is 4.90 Å². The number of rotatable bonds is 4. The average Bonchev–Trinajstić information content (AvgIpc) is 3.41. The maximum absolute atomic E-state index is 13.5. The molecule has 1 atom stereocenters. The second-order valence-corrected chi connectivity index (χ2v) is 8.86. The van der Waals surface area contributed by atoms with Gasteiger partial charge in [-0.25, -0.2) is 9.97 Å². The lowest BCUT2D eigenvalue weighted by atomic mass is 9.98. The Hall–Kier alpha value is -3.85. The molecule has 2 N–H and O–H groups in total. The van der Waals surface area contributed by atoms with E-state index >= 15 is 0 Å². The van der Waals surface area contributed by atoms with Gasteiger partial charge in [-0.15, -0.1) is 11.3 Å². The van der Waals surface area contributed by atoms with Gasteiger partial charge in [0.05, 0.1) is 37.9 Å². The van der Waals surface area contributed by atoms with E-state index < -0.39 is 23.5 Å². The highest BCUT2D eigenvalue weighted by atomic mass is 32.1. The molecule has 1 aromatic carbocycles. The van der Waals surface area contributed by atoms with E-state index in [2.05, 4.69) is 19.9 Å². The summed E-state index contributed by atoms with van der Waals surface area (Å²) in [4.78, 5) is 44.9. The molecule has 1 aliphatic rings. The molecule has 0 bridgehead atoms. The van der Waals surface area contributed by atoms with Crippen LogP contribution in [0.2, 0.25) is 0 Å². The molecule has 0 saturated carbocycles. The molecule has 4 aromatic rings. The highest BCUT2D eigenvalue weighted by Gasteiger charge is 2.47. The number of benzene rings is 1. The minimum absolute atomic E-state index is 0.0305. The fourth-order valence-corrected chi connectivity index (χ4v) is 4.84. The van der Waals surface area contributed by atoms with Gasteiger partial charge < -0.3 is 10.1 Å². The third-order valence-electron chi connectivity index (χ3n) is 5.38. The summed E-state index contributed by atoms with van der Waals surface area (Å²) in [7, 11) is 0. The van der Waals surface area contributed by atoms with Crippen LogP contribution in [0.1, 0.15) is 37.7 Å². The highest BCUT2D eigenvalue weighted by molar-refractivity contribution is 7.14. The van der Waals surface area contributed by atoms with Gasteiger partial charge in [0.15, 0.2) is 5.76 Å². The predicted molar refractivity (Wildman–Crippen MR) is 121 cm³/mol. The van der Waals surface area contributed by atoms with E-state index in [0.29, 0.717) is 21.8 Å². The molecule has 1 aliphatic heterocycles. The number of H-pyrrole nitrogens is 1. The number of nitrogens with zero attached hydrogens (tertiary/aromatic N) is 4. The minimum Gasteiger partial charge on any atom is -0.503 e. The summed E-state index contributed by atoms with van der Waals surface area (Å²) in [6.07, 6.45) is 1.58. The molecule has 0 fully saturated rings. The first-order chi connectivity index (χ1) is 15.3. The molecule has 0 aliphatic carbocycles. The predicted octanol–water partition coefficient (Wildman–Crippen LogP) is 4.12. The summed E-state index contributed by atoms with van der Waals surface area (Å²) in [5.74, 6) is -1.52. The number of thiazole rings is 1. The van der Waals surface area contributed by atoms with E-state index in [0.717, 1.165) is 16.1 Å². The number of aromatic nitrogens is 4. The normalized spacial score (nSPS) is 16.4. The van der Waals surface area contributed by atoms with Gasteiger partial charge in [0, 0.05) is 6.20 Å². The number of Topliss-reactive ketones (excluding diaryl/α,β-unsaturated/α-hetero) is 1. The maximum atomic E-state index is 13.5. The molecule has 0 radical (unpaired) electrons. The van der Waals surface area contributed by atoms with Crippen LogP contribution in [0.5, 0.6) is 0 Å². The van der Waals surface area contributed by atoms with Crippen LogP contribution in [0, 0.1) is 20.8 Å². The lowest BCUT2D eigenvalue weighted by Gasteiger charge is -2.23. The van der Waals surface area contributed by atoms with Gasteiger partial charge in [-0.3, -0.25) is 19.5 Å². The molecule has 8 nitrogen and oxygen atoms in total. The topological polar surface area (TPSA) is 112 Å². The minimum atomic E-state index is -0.931. The van der Waals surface area contributed by atoms with Crippen molar-refractivity contribution in [1.29, 1.82) is 0 Å². The van der Waals surface area contributed by atoms with Gasteiger partial charge in [0.2, 0.25) is 11.7 Å². The van der Waals surface area contributed by atoms with Gasteiger partial charge in [0.1, 0.15) is 6.04 Å². The number of amides is 1. The number of aromatic amines is 1. The molecule has 0 saturated heterocycles. The van der Waals surface area contributed by atoms with Crippen molar-refractivity contribution in [2.24, 2.45) is 0 Å². The summed E-state index contributed by atoms with van der Waals surface area (Å²) in [5, 5.41) is 11.6. The van der Waals surface area contributed by atoms with Crippen LogP contribution in [-0.4, -0.2) is 36.7 Å². The fourth-order valence-electron chi connectivity index (χ4n) is 3.96. The molecule has 160 valence electrons. The first kappa shape index (κ1) is 20.1. The number of aliphatic hydroxyl groups excluding tert-OH is 1. The number of ketones is 1. The average molecular weight is 446 g/mol. The van der Waals surface area contributed by atoms with E-state index in [1.54, 1.807) is 38.2 Å². The third kappa shape index (κ3) is 3.09. The number of fused-ring (bicyclic) bond motifs is 1. The summed E-state index contributed by atoms with van der Waals surface area (Å²) in [5.41, 5.74) is 3.44. The van der Waals surface area contributed by atoms with E-state index in [1.807, 2.05) is 25.1 Å². The number of imidazole rings is 1. The van der Waals surface area contributed by atoms with Crippen LogP contribution in [0.3, 0.4) is 0 Å². The van der Waals surface area contributed by atoms with Crippen LogP contribution in [0.4, 0.5) is 5.95 Å². The van der Waals surface area contributed by atoms with Crippen molar-refractivity contribution in [2.45, 2.75) is 26.8 Å². The maximum Gasteiger partial charge on any atom is 0.296 e. The first-order valence-electron chi connectivity index (χ1n) is 9.98. The zero-order chi connectivity index (χ0) is 22.6. The largest absolute Gasteiger partial charge is 0.503 e. The molecule has 3 aromatic heterocycles. The lowest BCUT2D eigenvalue weighted by Crippen LogP contribution is -2.32. The van der Waals surface area contributed by atoms with Crippen molar-refractivity contribution in [3.05, 3.63) is 80.8 Å². The molecule has 1 unspecified atom stereocenters. The van der Waals surface area contributed by atoms with Crippen molar-refractivity contribution < 1.29 is 14.7 Å². The van der Waals surface area contributed by atoms with Crippen LogP contribution in [-0.2, 0) is 4.79 Å². The van der Waals surface area contributed by atoms with Crippen molar-refractivity contribution in [1.82, 2.24) is 19.9 Å². The standard InChI is InChI=1S/C23H19N5O3S/c1-11-7-8-14-16(10-11)27-23(26-14)28-18(15-6-4-5-9-24-15)17(20(30)22(28)31)19(29)21-12(2)25-13(3)32-21/h4-10,18,30H,1-3H3,(H,26,27). The van der Waals surface area contributed by atoms with Crippen molar-refractivity contribution >= 4 is 40.0 Å². The number of anilines is 1. The van der Waals surface area contributed by atoms with Gasteiger partial charge >= 0.3 is 0 Å². The third-order valence-corrected chi connectivity index (χ3v) is 6.46. The summed E-state index contributed by atoms with van der Waals surface area (Å²) in [6, 6.07) is 10.0. The molecule has 1 amide bonds. The van der Waals surface area contributed by atoms with Gasteiger partial charge in [0.25, 0.3) is 5.91 Å². The number of aliphatic hydroxyl groups is 1. The van der Waals surface area contributed by atoms with Crippen molar-refractivity contribution in [3.63, 3.8) is 0 Å². The Morgan fingerprint density at radius 3 is 2.66 bits per heavy atom. The quantitative estimate of drug-likeness (QED) is 0.457. The number of nitrogens with one attached hydrogen (secondary N) is 1. The SMILES string of the molecule is Cc1ccc2nc(N3C(=O)C(O)=C(C(=O)c4sc(C)nc4C)C3c3ccccn3)[nH]c2c1. The molecular weight excluding hydrogens is 426 g/mol. The van der Waals surface area contributed by atoms with E-state index in [9.17, 15) is 14.7 Å². The number of aryl methyl sites for hydroxylation is 3. The molecular formula is C23H19N5O3S. The zero-order valence-corrected chi connectivity index (χ0v) is 18.4. The smallest absolute Gasteiger partial charge is 0.296 e. The molecule has 32 heavy (non-hydrogen) atoms. The lowest BCUT2D eigenvalue weighted by molar-refractivity contribution is -0.117. The Kier molecular flexibility index (Phi) is 4.63. The van der Waals surface area contributed by atoms with Gasteiger partial charge in [-0.1, -0.05) is 12.1 Å². The van der Waals surface area contributed by atoms with Crippen LogP contribution < -0.4 is 4.90 Å². The second-order valence-electron chi connectivity index (χ2n) is 7.65. The van der Waals surface area contributed by atoms with Crippen LogP contribution >= 0.6 is 11.3 Å². The monoisotopic (exact) mass is 445 g/mol. The molecule has 5 rings (SSSR count). The number of hydrogen-bond acceptors (Lipinski definition) is 7. The Morgan fingerprint density at radius 2 is 1.97 bits per heavy atom. The highest BCUT2D eigenvalue weighted by Crippen LogP contribution is 2.41. The Balaban J connectivity index is 1.68. The summed E-state index contributed by atoms with van der Waals surface area (Å²) >= 11 is 1.23. The number of hydrogen-bond donors (Lipinski definition) is 2. The molecule has 9 heteroatoms. The fraction of sp³-hybridized carbons (Fsp3) is 0.174. The van der Waals surface area contributed by atoms with E-state index in [4.69, 9.17) is 0 Å². The number of carbonyl (C=O) groups excluding carboxylic acids is 2. The van der Waals surface area contributed by atoms with Crippen LogP contribution in [0.15, 0.2) is 53.9 Å². The zero-order valence-electron chi connectivity index (χ0n) is 17.6. The molecule has 0 spiro atoms. The number of pyridine rings is 1. The summed E-state index contributed by atoms with van der Waals surface area (Å²) in [6.45, 7) is 5.50. The first-order valence-corrected chi connectivity index (χ1v) is 10.8. The van der Waals surface area contributed by atoms with E-state index in [1.165, 1.54) is 16.2 Å². The Bertz CT molecular complexity index is 1420. The number of carbonyl (C=O) groups is 2. The van der Waals surface area contributed by atoms with Gasteiger partial charge in [-0.05, 0) is 50.6 Å².